The number of likely N-dealkylation sites (tertiary alicyclic amines) is 2. The molecule has 1 amide bonds. The highest BCUT2D eigenvalue weighted by Gasteiger charge is 2.36. The number of oxazole rings is 1. The fraction of sp³-hybridized carbons (Fsp3) is 0.474. The van der Waals surface area contributed by atoms with Crippen LogP contribution in [0, 0.1) is 0 Å². The number of carbonyl (C=O) groups excluding carboxylic acids is 1. The van der Waals surface area contributed by atoms with Gasteiger partial charge in [0, 0.05) is 13.1 Å². The number of carbonyl (C=O) groups is 1. The van der Waals surface area contributed by atoms with Crippen molar-refractivity contribution in [2.75, 3.05) is 26.7 Å². The van der Waals surface area contributed by atoms with Gasteiger partial charge in [-0.25, -0.2) is 4.79 Å². The van der Waals surface area contributed by atoms with Gasteiger partial charge in [0.2, 0.25) is 11.8 Å². The first kappa shape index (κ1) is 17.2. The molecule has 2 aliphatic heterocycles. The molecular formula is C19H21N5O4. The highest BCUT2D eigenvalue weighted by Crippen LogP contribution is 2.31. The molecule has 0 bridgehead atoms. The zero-order chi connectivity index (χ0) is 19.3. The average Bonchev–Trinajstić information content (AvgIpc) is 3.34. The molecule has 1 atom stereocenters. The van der Waals surface area contributed by atoms with Crippen molar-refractivity contribution in [2.45, 2.75) is 31.3 Å². The standard InChI is InChI=1S/C19H21N5O4/c1-22-8-4-6-14(22)18-20-17(21-28-18)12-9-23(10-12)16(25)11-24-13-5-2-3-7-15(13)27-19(24)26/h2-3,5,7,12,14H,4,6,8-11H2,1H3. The normalized spacial score (nSPS) is 20.8. The van der Waals surface area contributed by atoms with E-state index in [0.717, 1.165) is 19.4 Å². The summed E-state index contributed by atoms with van der Waals surface area (Å²) in [6, 6.07) is 7.29. The van der Waals surface area contributed by atoms with Crippen LogP contribution < -0.4 is 5.76 Å². The van der Waals surface area contributed by atoms with Gasteiger partial charge in [0.05, 0.1) is 17.5 Å². The maximum Gasteiger partial charge on any atom is 0.420 e. The molecule has 0 aliphatic carbocycles. The SMILES string of the molecule is CN1CCCC1c1nc(C2CN(C(=O)Cn3c(=O)oc4ccccc43)C2)no1. The predicted octanol–water partition coefficient (Wildman–Crippen LogP) is 1.37. The average molecular weight is 383 g/mol. The highest BCUT2D eigenvalue weighted by atomic mass is 16.5. The van der Waals surface area contributed by atoms with Crippen LogP contribution in [0.15, 0.2) is 38.0 Å². The molecule has 9 heteroatoms. The van der Waals surface area contributed by atoms with E-state index in [-0.39, 0.29) is 24.4 Å². The van der Waals surface area contributed by atoms with Crippen molar-refractivity contribution < 1.29 is 13.7 Å². The summed E-state index contributed by atoms with van der Waals surface area (Å²) in [5.41, 5.74) is 1.11. The molecule has 0 radical (unpaired) electrons. The second kappa shape index (κ2) is 6.59. The minimum Gasteiger partial charge on any atom is -0.408 e. The van der Waals surface area contributed by atoms with Gasteiger partial charge in [0.25, 0.3) is 0 Å². The Morgan fingerprint density at radius 3 is 2.89 bits per heavy atom. The molecule has 28 heavy (non-hydrogen) atoms. The van der Waals surface area contributed by atoms with Gasteiger partial charge in [-0.15, -0.1) is 0 Å². The second-order valence-electron chi connectivity index (χ2n) is 7.55. The summed E-state index contributed by atoms with van der Waals surface area (Å²) < 4.78 is 12.0. The number of hydrogen-bond donors (Lipinski definition) is 0. The summed E-state index contributed by atoms with van der Waals surface area (Å²) in [5.74, 6) is 0.756. The van der Waals surface area contributed by atoms with Crippen molar-refractivity contribution >= 4 is 17.0 Å². The maximum absolute atomic E-state index is 12.6. The topological polar surface area (TPSA) is 97.6 Å². The second-order valence-corrected chi connectivity index (χ2v) is 7.55. The van der Waals surface area contributed by atoms with Gasteiger partial charge in [-0.3, -0.25) is 14.3 Å². The number of rotatable bonds is 4. The number of para-hydroxylation sites is 2. The molecule has 2 saturated heterocycles. The van der Waals surface area contributed by atoms with Crippen LogP contribution in [0.3, 0.4) is 0 Å². The van der Waals surface area contributed by atoms with Crippen molar-refractivity contribution in [2.24, 2.45) is 0 Å². The Balaban J connectivity index is 1.23. The predicted molar refractivity (Wildman–Crippen MR) is 98.7 cm³/mol. The molecule has 2 aliphatic rings. The van der Waals surface area contributed by atoms with Crippen molar-refractivity contribution in [1.29, 1.82) is 0 Å². The molecule has 0 saturated carbocycles. The molecule has 2 fully saturated rings. The molecule has 0 spiro atoms. The first-order chi connectivity index (χ1) is 13.6. The lowest BCUT2D eigenvalue weighted by atomic mass is 9.99. The Morgan fingerprint density at radius 1 is 1.29 bits per heavy atom. The molecule has 1 unspecified atom stereocenters. The quantitative estimate of drug-likeness (QED) is 0.671. The van der Waals surface area contributed by atoms with E-state index in [1.807, 2.05) is 6.07 Å². The molecule has 2 aromatic heterocycles. The fourth-order valence-electron chi connectivity index (χ4n) is 4.02. The molecule has 0 N–H and O–H groups in total. The Morgan fingerprint density at radius 2 is 2.11 bits per heavy atom. The van der Waals surface area contributed by atoms with E-state index < -0.39 is 5.76 Å². The summed E-state index contributed by atoms with van der Waals surface area (Å²) in [6.45, 7) is 2.06. The lowest BCUT2D eigenvalue weighted by molar-refractivity contribution is -0.136. The number of nitrogens with zero attached hydrogens (tertiary/aromatic N) is 5. The number of amides is 1. The van der Waals surface area contributed by atoms with E-state index in [1.165, 1.54) is 4.57 Å². The maximum atomic E-state index is 12.6. The molecular weight excluding hydrogens is 362 g/mol. The zero-order valence-corrected chi connectivity index (χ0v) is 15.6. The Hall–Kier alpha value is -2.94. The van der Waals surface area contributed by atoms with Gasteiger partial charge in [0.1, 0.15) is 6.54 Å². The summed E-state index contributed by atoms with van der Waals surface area (Å²) >= 11 is 0. The summed E-state index contributed by atoms with van der Waals surface area (Å²) in [6.07, 6.45) is 2.16. The third-order valence-corrected chi connectivity index (χ3v) is 5.73. The van der Waals surface area contributed by atoms with E-state index in [2.05, 4.69) is 22.1 Å². The van der Waals surface area contributed by atoms with Gasteiger partial charge in [0.15, 0.2) is 11.4 Å². The van der Waals surface area contributed by atoms with Gasteiger partial charge in [-0.05, 0) is 38.6 Å². The van der Waals surface area contributed by atoms with Crippen LogP contribution in [-0.2, 0) is 11.3 Å². The number of benzene rings is 1. The summed E-state index contributed by atoms with van der Waals surface area (Å²) in [5, 5.41) is 4.12. The first-order valence-corrected chi connectivity index (χ1v) is 9.50. The van der Waals surface area contributed by atoms with E-state index in [1.54, 1.807) is 23.1 Å². The van der Waals surface area contributed by atoms with E-state index in [0.29, 0.717) is 35.9 Å². The van der Waals surface area contributed by atoms with Gasteiger partial charge in [-0.1, -0.05) is 17.3 Å². The molecule has 5 rings (SSSR count). The first-order valence-electron chi connectivity index (χ1n) is 9.50. The zero-order valence-electron chi connectivity index (χ0n) is 15.6. The van der Waals surface area contributed by atoms with Crippen LogP contribution in [0.4, 0.5) is 0 Å². The van der Waals surface area contributed by atoms with Crippen LogP contribution in [-0.4, -0.2) is 57.1 Å². The monoisotopic (exact) mass is 383 g/mol. The highest BCUT2D eigenvalue weighted by molar-refractivity contribution is 5.80. The number of fused-ring (bicyclic) bond motifs is 1. The van der Waals surface area contributed by atoms with Crippen LogP contribution in [0.1, 0.15) is 36.5 Å². The molecule has 3 aromatic rings. The number of aromatic nitrogens is 3. The fourth-order valence-corrected chi connectivity index (χ4v) is 4.02. The van der Waals surface area contributed by atoms with Gasteiger partial charge in [-0.2, -0.15) is 4.98 Å². The minimum atomic E-state index is -0.518. The summed E-state index contributed by atoms with van der Waals surface area (Å²) in [7, 11) is 2.06. The van der Waals surface area contributed by atoms with E-state index in [4.69, 9.17) is 8.94 Å². The van der Waals surface area contributed by atoms with Gasteiger partial charge >= 0.3 is 5.76 Å². The molecule has 4 heterocycles. The smallest absolute Gasteiger partial charge is 0.408 e. The Labute approximate surface area is 160 Å². The van der Waals surface area contributed by atoms with Crippen LogP contribution >= 0.6 is 0 Å². The Kier molecular flexibility index (Phi) is 4.04. The van der Waals surface area contributed by atoms with Crippen LogP contribution in [0.5, 0.6) is 0 Å². The Bertz CT molecular complexity index is 1080. The molecule has 9 nitrogen and oxygen atoms in total. The molecule has 1 aromatic carbocycles. The van der Waals surface area contributed by atoms with Crippen molar-refractivity contribution in [3.8, 4) is 0 Å². The molecule has 146 valence electrons. The van der Waals surface area contributed by atoms with Crippen molar-refractivity contribution in [3.05, 3.63) is 46.5 Å². The van der Waals surface area contributed by atoms with E-state index in [9.17, 15) is 9.59 Å². The minimum absolute atomic E-state index is 0.0348. The third kappa shape index (κ3) is 2.82. The van der Waals surface area contributed by atoms with Crippen molar-refractivity contribution in [3.63, 3.8) is 0 Å². The lowest BCUT2D eigenvalue weighted by Gasteiger charge is -2.37. The van der Waals surface area contributed by atoms with Gasteiger partial charge < -0.3 is 13.8 Å². The van der Waals surface area contributed by atoms with E-state index >= 15 is 0 Å². The number of hydrogen-bond acceptors (Lipinski definition) is 7. The third-order valence-electron chi connectivity index (χ3n) is 5.73. The largest absolute Gasteiger partial charge is 0.420 e. The summed E-state index contributed by atoms with van der Waals surface area (Å²) in [4.78, 5) is 33.1. The van der Waals surface area contributed by atoms with Crippen molar-refractivity contribution in [1.82, 2.24) is 24.5 Å². The van der Waals surface area contributed by atoms with Crippen LogP contribution in [0.25, 0.3) is 11.1 Å². The van der Waals surface area contributed by atoms with Crippen LogP contribution in [0.2, 0.25) is 0 Å². The lowest BCUT2D eigenvalue weighted by Crippen LogP contribution is -2.50.